The Balaban J connectivity index is 1.64. The third-order valence-electron chi connectivity index (χ3n) is 3.65. The van der Waals surface area contributed by atoms with Gasteiger partial charge in [-0.05, 0) is 18.1 Å². The van der Waals surface area contributed by atoms with E-state index in [0.29, 0.717) is 13.0 Å². The molecule has 0 aromatic carbocycles. The van der Waals surface area contributed by atoms with Gasteiger partial charge in [-0.15, -0.1) is 0 Å². The van der Waals surface area contributed by atoms with Crippen LogP contribution in [0.5, 0.6) is 0 Å². The maximum absolute atomic E-state index is 12.1. The number of rotatable bonds is 2. The number of fused-ring (bicyclic) bond motifs is 1. The van der Waals surface area contributed by atoms with Gasteiger partial charge in [-0.1, -0.05) is 6.07 Å². The van der Waals surface area contributed by atoms with Crippen LogP contribution in [-0.2, 0) is 16.0 Å². The standard InChI is InChI=1S/C13H15N3O2/c17-12(6-10-2-1-4-14-7-10)15-8-11-3-5-16(11)13(18)9-15/h1-2,4,7,11H,3,5-6,8-9H2/t11-/m1/s1. The normalized spacial score (nSPS) is 22.4. The molecular weight excluding hydrogens is 230 g/mol. The lowest BCUT2D eigenvalue weighted by Crippen LogP contribution is -2.64. The molecule has 0 radical (unpaired) electrons. The fourth-order valence-corrected chi connectivity index (χ4v) is 2.51. The molecule has 2 aliphatic heterocycles. The van der Waals surface area contributed by atoms with Crippen LogP contribution in [0.15, 0.2) is 24.5 Å². The van der Waals surface area contributed by atoms with Crippen LogP contribution in [0.3, 0.4) is 0 Å². The average Bonchev–Trinajstić information content (AvgIpc) is 2.32. The molecule has 18 heavy (non-hydrogen) atoms. The summed E-state index contributed by atoms with van der Waals surface area (Å²) in [6, 6.07) is 3.95. The van der Waals surface area contributed by atoms with E-state index in [1.54, 1.807) is 17.3 Å². The van der Waals surface area contributed by atoms with E-state index in [1.807, 2.05) is 17.0 Å². The maximum Gasteiger partial charge on any atom is 0.242 e. The number of aromatic nitrogens is 1. The Hall–Kier alpha value is -1.91. The van der Waals surface area contributed by atoms with Gasteiger partial charge < -0.3 is 9.80 Å². The number of nitrogens with zero attached hydrogens (tertiary/aromatic N) is 3. The van der Waals surface area contributed by atoms with Crippen LogP contribution in [0, 0.1) is 0 Å². The first-order chi connectivity index (χ1) is 8.74. The monoisotopic (exact) mass is 245 g/mol. The van der Waals surface area contributed by atoms with Crippen molar-refractivity contribution in [2.24, 2.45) is 0 Å². The molecule has 1 aromatic heterocycles. The first-order valence-corrected chi connectivity index (χ1v) is 6.20. The number of amides is 2. The van der Waals surface area contributed by atoms with Gasteiger partial charge in [0.2, 0.25) is 11.8 Å². The van der Waals surface area contributed by atoms with E-state index in [0.717, 1.165) is 18.5 Å². The fourth-order valence-electron chi connectivity index (χ4n) is 2.51. The first-order valence-electron chi connectivity index (χ1n) is 6.20. The van der Waals surface area contributed by atoms with E-state index in [9.17, 15) is 9.59 Å². The molecule has 0 saturated carbocycles. The zero-order chi connectivity index (χ0) is 12.5. The van der Waals surface area contributed by atoms with Crippen LogP contribution >= 0.6 is 0 Å². The molecule has 0 spiro atoms. The minimum atomic E-state index is 0.0166. The van der Waals surface area contributed by atoms with Gasteiger partial charge in [-0.3, -0.25) is 14.6 Å². The molecular formula is C13H15N3O2. The minimum Gasteiger partial charge on any atom is -0.336 e. The van der Waals surface area contributed by atoms with Gasteiger partial charge in [0.15, 0.2) is 0 Å². The molecule has 2 aliphatic rings. The highest BCUT2D eigenvalue weighted by molar-refractivity contribution is 5.87. The Kier molecular flexibility index (Phi) is 2.74. The second kappa shape index (κ2) is 4.40. The first kappa shape index (κ1) is 11.2. The summed E-state index contributed by atoms with van der Waals surface area (Å²) in [7, 11) is 0. The Labute approximate surface area is 105 Å². The van der Waals surface area contributed by atoms with Gasteiger partial charge in [0.1, 0.15) is 0 Å². The predicted octanol–water partition coefficient (Wildman–Crippen LogP) is 0.0672. The molecule has 0 N–H and O–H groups in total. The molecule has 1 atom stereocenters. The van der Waals surface area contributed by atoms with Gasteiger partial charge in [-0.25, -0.2) is 0 Å². The highest BCUT2D eigenvalue weighted by atomic mass is 16.2. The lowest BCUT2D eigenvalue weighted by Gasteiger charge is -2.48. The van der Waals surface area contributed by atoms with Crippen molar-refractivity contribution in [2.45, 2.75) is 18.9 Å². The van der Waals surface area contributed by atoms with Gasteiger partial charge in [-0.2, -0.15) is 0 Å². The van der Waals surface area contributed by atoms with E-state index >= 15 is 0 Å². The van der Waals surface area contributed by atoms with E-state index in [2.05, 4.69) is 4.98 Å². The third kappa shape index (κ3) is 1.96. The highest BCUT2D eigenvalue weighted by Gasteiger charge is 2.39. The van der Waals surface area contributed by atoms with Crippen LogP contribution in [0.2, 0.25) is 0 Å². The second-order valence-corrected chi connectivity index (χ2v) is 4.84. The van der Waals surface area contributed by atoms with Crippen LogP contribution in [0.25, 0.3) is 0 Å². The zero-order valence-electron chi connectivity index (χ0n) is 10.1. The molecule has 2 amide bonds. The molecule has 0 aliphatic carbocycles. The quantitative estimate of drug-likeness (QED) is 0.740. The van der Waals surface area contributed by atoms with E-state index in [-0.39, 0.29) is 24.4 Å². The summed E-state index contributed by atoms with van der Waals surface area (Å²) in [6.07, 6.45) is 4.72. The minimum absolute atomic E-state index is 0.0166. The van der Waals surface area contributed by atoms with E-state index in [1.165, 1.54) is 0 Å². The SMILES string of the molecule is O=C(Cc1cccnc1)N1CC(=O)N2CC[C@@H]2C1. The summed E-state index contributed by atoms with van der Waals surface area (Å²) in [4.78, 5) is 31.4. The lowest BCUT2D eigenvalue weighted by atomic mass is 9.99. The summed E-state index contributed by atoms with van der Waals surface area (Å²) in [5, 5.41) is 0. The zero-order valence-corrected chi connectivity index (χ0v) is 10.1. The van der Waals surface area contributed by atoms with Gasteiger partial charge in [0, 0.05) is 25.5 Å². The smallest absolute Gasteiger partial charge is 0.242 e. The molecule has 3 rings (SSSR count). The van der Waals surface area contributed by atoms with Crippen LogP contribution in [0.4, 0.5) is 0 Å². The maximum atomic E-state index is 12.1. The molecule has 2 saturated heterocycles. The lowest BCUT2D eigenvalue weighted by molar-refractivity contribution is -0.154. The largest absolute Gasteiger partial charge is 0.336 e. The number of piperazine rings is 1. The predicted molar refractivity (Wildman–Crippen MR) is 64.6 cm³/mol. The highest BCUT2D eigenvalue weighted by Crippen LogP contribution is 2.23. The Morgan fingerprint density at radius 2 is 2.39 bits per heavy atom. The molecule has 0 unspecified atom stereocenters. The molecule has 1 aromatic rings. The van der Waals surface area contributed by atoms with Gasteiger partial charge in [0.25, 0.3) is 0 Å². The molecule has 0 bridgehead atoms. The summed E-state index contributed by atoms with van der Waals surface area (Å²) in [5.41, 5.74) is 0.894. The summed E-state index contributed by atoms with van der Waals surface area (Å²) < 4.78 is 0. The summed E-state index contributed by atoms with van der Waals surface area (Å²) in [6.45, 7) is 1.77. The van der Waals surface area contributed by atoms with Crippen molar-refractivity contribution < 1.29 is 9.59 Å². The Morgan fingerprint density at radius 1 is 1.50 bits per heavy atom. The van der Waals surface area contributed by atoms with E-state index in [4.69, 9.17) is 0 Å². The van der Waals surface area contributed by atoms with Gasteiger partial charge >= 0.3 is 0 Å². The van der Waals surface area contributed by atoms with Crippen LogP contribution < -0.4 is 0 Å². The van der Waals surface area contributed by atoms with Crippen molar-refractivity contribution in [1.29, 1.82) is 0 Å². The van der Waals surface area contributed by atoms with Gasteiger partial charge in [0.05, 0.1) is 19.0 Å². The number of pyridine rings is 1. The summed E-state index contributed by atoms with van der Waals surface area (Å²) >= 11 is 0. The number of hydrogen-bond donors (Lipinski definition) is 0. The molecule has 5 heteroatoms. The van der Waals surface area contributed by atoms with Crippen molar-refractivity contribution in [1.82, 2.24) is 14.8 Å². The number of carbonyl (C=O) groups excluding carboxylic acids is 2. The Bertz CT molecular complexity index is 474. The number of hydrogen-bond acceptors (Lipinski definition) is 3. The second-order valence-electron chi connectivity index (χ2n) is 4.84. The molecule has 94 valence electrons. The van der Waals surface area contributed by atoms with Crippen molar-refractivity contribution in [2.75, 3.05) is 19.6 Å². The third-order valence-corrected chi connectivity index (χ3v) is 3.65. The Morgan fingerprint density at radius 3 is 3.00 bits per heavy atom. The molecule has 2 fully saturated rings. The number of carbonyl (C=O) groups is 2. The molecule has 3 heterocycles. The van der Waals surface area contributed by atoms with Crippen LogP contribution in [-0.4, -0.2) is 52.3 Å². The van der Waals surface area contributed by atoms with Crippen molar-refractivity contribution in [3.05, 3.63) is 30.1 Å². The average molecular weight is 245 g/mol. The summed E-state index contributed by atoms with van der Waals surface area (Å²) in [5.74, 6) is 0.0972. The van der Waals surface area contributed by atoms with E-state index < -0.39 is 0 Å². The topological polar surface area (TPSA) is 53.5 Å². The van der Waals surface area contributed by atoms with Crippen molar-refractivity contribution >= 4 is 11.8 Å². The fraction of sp³-hybridized carbons (Fsp3) is 0.462. The molecule has 5 nitrogen and oxygen atoms in total. The van der Waals surface area contributed by atoms with Crippen molar-refractivity contribution in [3.63, 3.8) is 0 Å². The van der Waals surface area contributed by atoms with Crippen molar-refractivity contribution in [3.8, 4) is 0 Å². The van der Waals surface area contributed by atoms with Crippen LogP contribution in [0.1, 0.15) is 12.0 Å².